The Hall–Kier alpha value is -2.64. The molecule has 0 bridgehead atoms. The Balaban J connectivity index is 1.73. The van der Waals surface area contributed by atoms with Gasteiger partial charge in [-0.05, 0) is 43.5 Å². The molecule has 0 spiro atoms. The third-order valence-electron chi connectivity index (χ3n) is 6.16. The van der Waals surface area contributed by atoms with E-state index in [0.717, 1.165) is 74.5 Å². The minimum Gasteiger partial charge on any atom is -0.507 e. The molecule has 6 nitrogen and oxygen atoms in total. The molecule has 8 heteroatoms. The lowest BCUT2D eigenvalue weighted by Gasteiger charge is -2.32. The van der Waals surface area contributed by atoms with Crippen LogP contribution in [-0.4, -0.2) is 54.6 Å². The fraction of sp³-hybridized carbons (Fsp3) is 0.391. The number of piperazine rings is 1. The second-order valence-electron chi connectivity index (χ2n) is 8.14. The maximum atomic E-state index is 14.7. The SMILES string of the molecule is Oc1cccc(F)c1-c1cc2c(N3CCCCC3)nnc(N3CCNCC3)c2cc1Cl. The molecular weight excluding hydrogens is 417 g/mol. The van der Waals surface area contributed by atoms with Gasteiger partial charge in [0.1, 0.15) is 11.6 Å². The summed E-state index contributed by atoms with van der Waals surface area (Å²) in [5.74, 6) is 0.945. The Morgan fingerprint density at radius 1 is 0.903 bits per heavy atom. The number of rotatable bonds is 3. The lowest BCUT2D eigenvalue weighted by molar-refractivity contribution is 0.472. The first-order chi connectivity index (χ1) is 15.1. The average Bonchev–Trinajstić information content (AvgIpc) is 2.80. The maximum Gasteiger partial charge on any atom is 0.159 e. The number of aromatic nitrogens is 2. The molecular formula is C23H25ClFN5O. The lowest BCUT2D eigenvalue weighted by Crippen LogP contribution is -2.44. The van der Waals surface area contributed by atoms with Crippen LogP contribution >= 0.6 is 11.6 Å². The Morgan fingerprint density at radius 2 is 1.55 bits per heavy atom. The van der Waals surface area contributed by atoms with E-state index in [0.29, 0.717) is 10.6 Å². The van der Waals surface area contributed by atoms with E-state index in [9.17, 15) is 9.50 Å². The number of nitrogens with zero attached hydrogens (tertiary/aromatic N) is 4. The summed E-state index contributed by atoms with van der Waals surface area (Å²) in [6.45, 7) is 5.26. The van der Waals surface area contributed by atoms with Crippen LogP contribution in [0.15, 0.2) is 30.3 Å². The van der Waals surface area contributed by atoms with Gasteiger partial charge < -0.3 is 20.2 Å². The number of anilines is 2. The predicted molar refractivity (Wildman–Crippen MR) is 123 cm³/mol. The highest BCUT2D eigenvalue weighted by molar-refractivity contribution is 6.34. The van der Waals surface area contributed by atoms with Crippen LogP contribution in [0.1, 0.15) is 19.3 Å². The minimum atomic E-state index is -0.509. The second kappa shape index (κ2) is 8.48. The van der Waals surface area contributed by atoms with Crippen molar-refractivity contribution in [2.24, 2.45) is 0 Å². The molecule has 1 aromatic heterocycles. The molecule has 0 atom stereocenters. The van der Waals surface area contributed by atoms with Crippen LogP contribution in [0.4, 0.5) is 16.0 Å². The Morgan fingerprint density at radius 3 is 2.23 bits per heavy atom. The van der Waals surface area contributed by atoms with Gasteiger partial charge in [0.2, 0.25) is 0 Å². The Labute approximate surface area is 185 Å². The van der Waals surface area contributed by atoms with Gasteiger partial charge in [-0.15, -0.1) is 10.2 Å². The highest BCUT2D eigenvalue weighted by Crippen LogP contribution is 2.42. The van der Waals surface area contributed by atoms with Gasteiger partial charge >= 0.3 is 0 Å². The van der Waals surface area contributed by atoms with Crippen molar-refractivity contribution in [3.05, 3.63) is 41.2 Å². The van der Waals surface area contributed by atoms with Gasteiger partial charge in [-0.1, -0.05) is 17.7 Å². The van der Waals surface area contributed by atoms with Gasteiger partial charge in [-0.3, -0.25) is 0 Å². The quantitative estimate of drug-likeness (QED) is 0.635. The molecule has 3 heterocycles. The summed E-state index contributed by atoms with van der Waals surface area (Å²) in [5, 5.41) is 25.1. The number of phenols is 1. The smallest absolute Gasteiger partial charge is 0.159 e. The molecule has 0 radical (unpaired) electrons. The maximum absolute atomic E-state index is 14.7. The van der Waals surface area contributed by atoms with Crippen LogP contribution in [0, 0.1) is 5.82 Å². The summed E-state index contributed by atoms with van der Waals surface area (Å²) in [4.78, 5) is 4.46. The zero-order valence-electron chi connectivity index (χ0n) is 17.2. The van der Waals surface area contributed by atoms with Crippen LogP contribution in [0.25, 0.3) is 21.9 Å². The summed E-state index contributed by atoms with van der Waals surface area (Å²) in [7, 11) is 0. The van der Waals surface area contributed by atoms with Gasteiger partial charge in [0, 0.05) is 60.6 Å². The first kappa shape index (κ1) is 20.3. The van der Waals surface area contributed by atoms with Gasteiger partial charge in [0.15, 0.2) is 11.6 Å². The second-order valence-corrected chi connectivity index (χ2v) is 8.55. The van der Waals surface area contributed by atoms with E-state index < -0.39 is 5.82 Å². The molecule has 2 fully saturated rings. The third-order valence-corrected chi connectivity index (χ3v) is 6.47. The summed E-state index contributed by atoms with van der Waals surface area (Å²) in [5.41, 5.74) is 0.571. The number of nitrogens with one attached hydrogen (secondary N) is 1. The highest BCUT2D eigenvalue weighted by Gasteiger charge is 2.24. The molecule has 0 saturated carbocycles. The van der Waals surface area contributed by atoms with Crippen LogP contribution in [0.2, 0.25) is 5.02 Å². The minimum absolute atomic E-state index is 0.111. The number of hydrogen-bond donors (Lipinski definition) is 2. The van der Waals surface area contributed by atoms with E-state index >= 15 is 0 Å². The van der Waals surface area contributed by atoms with E-state index in [-0.39, 0.29) is 11.3 Å². The zero-order chi connectivity index (χ0) is 21.4. The molecule has 5 rings (SSSR count). The van der Waals surface area contributed by atoms with Gasteiger partial charge in [0.05, 0.1) is 5.56 Å². The fourth-order valence-electron chi connectivity index (χ4n) is 4.57. The summed E-state index contributed by atoms with van der Waals surface area (Å²) in [6, 6.07) is 7.99. The number of hydrogen-bond acceptors (Lipinski definition) is 6. The van der Waals surface area contributed by atoms with Crippen molar-refractivity contribution in [2.45, 2.75) is 19.3 Å². The normalized spacial score (nSPS) is 17.4. The number of aromatic hydroxyl groups is 1. The van der Waals surface area contributed by atoms with E-state index in [1.165, 1.54) is 24.6 Å². The molecule has 0 unspecified atom stereocenters. The first-order valence-corrected chi connectivity index (χ1v) is 11.2. The summed E-state index contributed by atoms with van der Waals surface area (Å²) < 4.78 is 14.7. The van der Waals surface area contributed by atoms with Crippen molar-refractivity contribution < 1.29 is 9.50 Å². The average molecular weight is 442 g/mol. The lowest BCUT2D eigenvalue weighted by atomic mass is 9.99. The van der Waals surface area contributed by atoms with Gasteiger partial charge in [-0.2, -0.15) is 0 Å². The van der Waals surface area contributed by atoms with Gasteiger partial charge in [-0.25, -0.2) is 4.39 Å². The molecule has 2 N–H and O–H groups in total. The zero-order valence-corrected chi connectivity index (χ0v) is 18.0. The molecule has 162 valence electrons. The van der Waals surface area contributed by atoms with Crippen molar-refractivity contribution in [3.63, 3.8) is 0 Å². The number of benzene rings is 2. The molecule has 0 aliphatic carbocycles. The molecule has 0 amide bonds. The number of halogens is 2. The van der Waals surface area contributed by atoms with Crippen LogP contribution in [0.3, 0.4) is 0 Å². The molecule has 2 aromatic carbocycles. The van der Waals surface area contributed by atoms with Crippen LogP contribution < -0.4 is 15.1 Å². The van der Waals surface area contributed by atoms with E-state index in [2.05, 4.69) is 25.3 Å². The fourth-order valence-corrected chi connectivity index (χ4v) is 4.82. The first-order valence-electron chi connectivity index (χ1n) is 10.8. The third kappa shape index (κ3) is 3.77. The Kier molecular flexibility index (Phi) is 5.54. The Bertz CT molecular complexity index is 1090. The van der Waals surface area contributed by atoms with Gasteiger partial charge in [0.25, 0.3) is 0 Å². The number of piperidine rings is 1. The predicted octanol–water partition coefficient (Wildman–Crippen LogP) is 4.19. The highest BCUT2D eigenvalue weighted by atomic mass is 35.5. The van der Waals surface area contributed by atoms with E-state index in [4.69, 9.17) is 11.6 Å². The van der Waals surface area contributed by atoms with Crippen molar-refractivity contribution >= 4 is 34.0 Å². The molecule has 2 aliphatic rings. The monoisotopic (exact) mass is 441 g/mol. The largest absolute Gasteiger partial charge is 0.507 e. The molecule has 2 saturated heterocycles. The summed E-state index contributed by atoms with van der Waals surface area (Å²) in [6.07, 6.45) is 3.43. The molecule has 31 heavy (non-hydrogen) atoms. The van der Waals surface area contributed by atoms with Crippen molar-refractivity contribution in [2.75, 3.05) is 49.1 Å². The molecule has 2 aliphatic heterocycles. The van der Waals surface area contributed by atoms with Crippen molar-refractivity contribution in [3.8, 4) is 16.9 Å². The number of phenolic OH excluding ortho intramolecular Hbond substituents is 1. The van der Waals surface area contributed by atoms with E-state index in [1.54, 1.807) is 0 Å². The van der Waals surface area contributed by atoms with Crippen molar-refractivity contribution in [1.82, 2.24) is 15.5 Å². The van der Waals surface area contributed by atoms with Crippen LogP contribution in [-0.2, 0) is 0 Å². The van der Waals surface area contributed by atoms with E-state index in [1.807, 2.05) is 12.1 Å². The number of fused-ring (bicyclic) bond motifs is 1. The van der Waals surface area contributed by atoms with Crippen molar-refractivity contribution in [1.29, 1.82) is 0 Å². The topological polar surface area (TPSA) is 64.5 Å². The summed E-state index contributed by atoms with van der Waals surface area (Å²) >= 11 is 6.66. The molecule has 3 aromatic rings. The van der Waals surface area contributed by atoms with Crippen LogP contribution in [0.5, 0.6) is 5.75 Å². The standard InChI is InChI=1S/C23H25ClFN5O/c24-18-14-16-15(13-17(18)21-19(25)5-4-6-20(21)31)22(29-9-2-1-3-10-29)27-28-23(16)30-11-7-26-8-12-30/h4-6,13-14,26,31H,1-3,7-12H2.